The van der Waals surface area contributed by atoms with Gasteiger partial charge in [0.1, 0.15) is 11.9 Å². The van der Waals surface area contributed by atoms with Gasteiger partial charge >= 0.3 is 0 Å². The number of carbonyl (C=O) groups excluding carboxylic acids is 1. The molecule has 1 aromatic carbocycles. The Morgan fingerprint density at radius 2 is 2.32 bits per heavy atom. The molecule has 0 heterocycles. The molecule has 0 aromatic heterocycles. The summed E-state index contributed by atoms with van der Waals surface area (Å²) in [5, 5.41) is 0. The van der Waals surface area contributed by atoms with Crippen molar-refractivity contribution in [3.05, 3.63) is 42.0 Å². The number of aryl methyl sites for hydroxylation is 1. The van der Waals surface area contributed by atoms with E-state index in [2.05, 4.69) is 6.58 Å². The molecule has 2 atom stereocenters. The van der Waals surface area contributed by atoms with Crippen LogP contribution in [0.1, 0.15) is 42.1 Å². The Morgan fingerprint density at radius 1 is 1.53 bits per heavy atom. The molecule has 0 saturated heterocycles. The fourth-order valence-corrected chi connectivity index (χ4v) is 2.56. The SMILES string of the molecule is C=CC(=O)c1ccc(O[C@H]2CCC[C@@H]2N)cc1CC. The van der Waals surface area contributed by atoms with Gasteiger partial charge in [-0.2, -0.15) is 0 Å². The Kier molecular flexibility index (Phi) is 4.38. The van der Waals surface area contributed by atoms with E-state index in [0.717, 1.165) is 37.0 Å². The fourth-order valence-electron chi connectivity index (χ4n) is 2.56. The molecular formula is C16H21NO2. The van der Waals surface area contributed by atoms with Gasteiger partial charge < -0.3 is 10.5 Å². The van der Waals surface area contributed by atoms with Crippen LogP contribution in [0.3, 0.4) is 0 Å². The summed E-state index contributed by atoms with van der Waals surface area (Å²) in [5.74, 6) is 0.765. The van der Waals surface area contributed by atoms with Gasteiger partial charge in [0.2, 0.25) is 0 Å². The zero-order valence-electron chi connectivity index (χ0n) is 11.4. The molecule has 0 radical (unpaired) electrons. The quantitative estimate of drug-likeness (QED) is 0.653. The lowest BCUT2D eigenvalue weighted by Crippen LogP contribution is -2.33. The lowest BCUT2D eigenvalue weighted by atomic mass is 10.0. The van der Waals surface area contributed by atoms with Crippen LogP contribution in [-0.4, -0.2) is 17.9 Å². The third kappa shape index (κ3) is 3.04. The summed E-state index contributed by atoms with van der Waals surface area (Å²) >= 11 is 0. The van der Waals surface area contributed by atoms with Crippen LogP contribution in [0.2, 0.25) is 0 Å². The summed E-state index contributed by atoms with van der Waals surface area (Å²) in [5.41, 5.74) is 7.71. The molecule has 0 amide bonds. The van der Waals surface area contributed by atoms with Gasteiger partial charge in [-0.15, -0.1) is 0 Å². The highest BCUT2D eigenvalue weighted by atomic mass is 16.5. The van der Waals surface area contributed by atoms with Crippen molar-refractivity contribution in [3.63, 3.8) is 0 Å². The predicted octanol–water partition coefficient (Wildman–Crippen LogP) is 2.88. The van der Waals surface area contributed by atoms with Gasteiger partial charge in [0.05, 0.1) is 0 Å². The molecule has 2 rings (SSSR count). The van der Waals surface area contributed by atoms with Crippen LogP contribution in [0.5, 0.6) is 5.75 Å². The molecule has 2 N–H and O–H groups in total. The second-order valence-corrected chi connectivity index (χ2v) is 4.99. The molecule has 3 heteroatoms. The van der Waals surface area contributed by atoms with Crippen LogP contribution in [0.15, 0.2) is 30.9 Å². The minimum Gasteiger partial charge on any atom is -0.489 e. The molecule has 1 aromatic rings. The molecule has 0 aliphatic heterocycles. The highest BCUT2D eigenvalue weighted by Crippen LogP contribution is 2.25. The largest absolute Gasteiger partial charge is 0.489 e. The van der Waals surface area contributed by atoms with Gasteiger partial charge in [0.25, 0.3) is 0 Å². The molecule has 19 heavy (non-hydrogen) atoms. The first kappa shape index (κ1) is 13.8. The van der Waals surface area contributed by atoms with E-state index in [0.29, 0.717) is 5.56 Å². The van der Waals surface area contributed by atoms with Crippen LogP contribution in [0.4, 0.5) is 0 Å². The number of carbonyl (C=O) groups is 1. The van der Waals surface area contributed by atoms with Crippen LogP contribution >= 0.6 is 0 Å². The molecule has 1 saturated carbocycles. The van der Waals surface area contributed by atoms with Crippen molar-refractivity contribution in [1.29, 1.82) is 0 Å². The van der Waals surface area contributed by atoms with Gasteiger partial charge in [-0.3, -0.25) is 4.79 Å². The van der Waals surface area contributed by atoms with Crippen molar-refractivity contribution in [2.45, 2.75) is 44.8 Å². The number of hydrogen-bond acceptors (Lipinski definition) is 3. The van der Waals surface area contributed by atoms with E-state index < -0.39 is 0 Å². The maximum atomic E-state index is 11.7. The van der Waals surface area contributed by atoms with E-state index in [1.807, 2.05) is 25.1 Å². The van der Waals surface area contributed by atoms with E-state index in [-0.39, 0.29) is 17.9 Å². The monoisotopic (exact) mass is 259 g/mol. The highest BCUT2D eigenvalue weighted by molar-refractivity contribution is 6.05. The number of hydrogen-bond donors (Lipinski definition) is 1. The summed E-state index contributed by atoms with van der Waals surface area (Å²) in [7, 11) is 0. The van der Waals surface area contributed by atoms with Gasteiger partial charge in [0, 0.05) is 11.6 Å². The summed E-state index contributed by atoms with van der Waals surface area (Å²) in [6.07, 6.45) is 5.41. The number of nitrogens with two attached hydrogens (primary N) is 1. The normalized spacial score (nSPS) is 22.2. The number of ether oxygens (including phenoxy) is 1. The zero-order valence-corrected chi connectivity index (χ0v) is 11.4. The van der Waals surface area contributed by atoms with E-state index >= 15 is 0 Å². The van der Waals surface area contributed by atoms with E-state index in [1.165, 1.54) is 6.08 Å². The first-order chi connectivity index (χ1) is 9.15. The Morgan fingerprint density at radius 3 is 2.89 bits per heavy atom. The van der Waals surface area contributed by atoms with E-state index in [9.17, 15) is 4.79 Å². The van der Waals surface area contributed by atoms with E-state index in [4.69, 9.17) is 10.5 Å². The smallest absolute Gasteiger partial charge is 0.185 e. The Bertz CT molecular complexity index is 482. The Labute approximate surface area is 114 Å². The molecule has 102 valence electrons. The minimum atomic E-state index is -0.0408. The van der Waals surface area contributed by atoms with Gasteiger partial charge in [-0.05, 0) is 55.5 Å². The predicted molar refractivity (Wildman–Crippen MR) is 76.6 cm³/mol. The number of benzene rings is 1. The lowest BCUT2D eigenvalue weighted by Gasteiger charge is -2.19. The fraction of sp³-hybridized carbons (Fsp3) is 0.438. The molecule has 1 aliphatic rings. The van der Waals surface area contributed by atoms with Crippen molar-refractivity contribution >= 4 is 5.78 Å². The average molecular weight is 259 g/mol. The van der Waals surface area contributed by atoms with Gasteiger partial charge in [0.15, 0.2) is 5.78 Å². The summed E-state index contributed by atoms with van der Waals surface area (Å²) < 4.78 is 5.94. The number of rotatable bonds is 5. The molecule has 0 spiro atoms. The van der Waals surface area contributed by atoms with Crippen LogP contribution in [0, 0.1) is 0 Å². The second kappa shape index (κ2) is 6.02. The molecule has 3 nitrogen and oxygen atoms in total. The van der Waals surface area contributed by atoms with Crippen molar-refractivity contribution < 1.29 is 9.53 Å². The van der Waals surface area contributed by atoms with Gasteiger partial charge in [-0.25, -0.2) is 0 Å². The van der Waals surface area contributed by atoms with Crippen molar-refractivity contribution in [2.24, 2.45) is 5.73 Å². The molecular weight excluding hydrogens is 238 g/mol. The third-order valence-electron chi connectivity index (χ3n) is 3.70. The summed E-state index contributed by atoms with van der Waals surface area (Å²) in [6.45, 7) is 5.56. The number of allylic oxidation sites excluding steroid dienone is 1. The average Bonchev–Trinajstić information content (AvgIpc) is 2.83. The summed E-state index contributed by atoms with van der Waals surface area (Å²) in [6, 6.07) is 5.74. The van der Waals surface area contributed by atoms with Crippen LogP contribution in [-0.2, 0) is 6.42 Å². The number of ketones is 1. The maximum Gasteiger partial charge on any atom is 0.185 e. The molecule has 0 unspecified atom stereocenters. The van der Waals surface area contributed by atoms with Crippen LogP contribution < -0.4 is 10.5 Å². The molecule has 1 fully saturated rings. The highest BCUT2D eigenvalue weighted by Gasteiger charge is 2.25. The van der Waals surface area contributed by atoms with Crippen molar-refractivity contribution in [2.75, 3.05) is 0 Å². The maximum absolute atomic E-state index is 11.7. The van der Waals surface area contributed by atoms with Crippen molar-refractivity contribution in [3.8, 4) is 5.75 Å². The lowest BCUT2D eigenvalue weighted by molar-refractivity contribution is 0.104. The second-order valence-electron chi connectivity index (χ2n) is 4.99. The first-order valence-electron chi connectivity index (χ1n) is 6.87. The summed E-state index contributed by atoms with van der Waals surface area (Å²) in [4.78, 5) is 11.7. The molecule has 0 bridgehead atoms. The Balaban J connectivity index is 2.19. The van der Waals surface area contributed by atoms with Crippen LogP contribution in [0.25, 0.3) is 0 Å². The standard InChI is InChI=1S/C16H21NO2/c1-3-11-10-12(8-9-13(11)15(18)4-2)19-16-7-5-6-14(16)17/h4,8-10,14,16H,2-3,5-7,17H2,1H3/t14-,16-/m0/s1. The third-order valence-corrected chi connectivity index (χ3v) is 3.70. The van der Waals surface area contributed by atoms with E-state index in [1.54, 1.807) is 0 Å². The minimum absolute atomic E-state index is 0.0408. The first-order valence-corrected chi connectivity index (χ1v) is 6.87. The zero-order chi connectivity index (χ0) is 13.8. The topological polar surface area (TPSA) is 52.3 Å². The Hall–Kier alpha value is -1.61. The van der Waals surface area contributed by atoms with Gasteiger partial charge in [-0.1, -0.05) is 13.5 Å². The molecule has 1 aliphatic carbocycles. The van der Waals surface area contributed by atoms with Crippen molar-refractivity contribution in [1.82, 2.24) is 0 Å².